The Labute approximate surface area is 308 Å². The largest absolute Gasteiger partial charge is 0.528 e. The number of hydroxylamine groups is 1. The molecule has 5 atom stereocenters. The van der Waals surface area contributed by atoms with Crippen LogP contribution in [0.1, 0.15) is 76.3 Å². The molecule has 3 amide bonds. The predicted octanol–water partition coefficient (Wildman–Crippen LogP) is 3.70. The normalized spacial score (nSPS) is 25.2. The molecule has 15 heteroatoms. The Hall–Kier alpha value is -4.76. The van der Waals surface area contributed by atoms with Crippen LogP contribution in [-0.4, -0.2) is 84.5 Å². The average molecular weight is 748 g/mol. The molecule has 53 heavy (non-hydrogen) atoms. The van der Waals surface area contributed by atoms with E-state index in [0.29, 0.717) is 18.6 Å². The van der Waals surface area contributed by atoms with Crippen LogP contribution in [0.25, 0.3) is 11.1 Å². The molecule has 0 bridgehead atoms. The number of nitrogens with zero attached hydrogens (tertiary/aromatic N) is 2. The summed E-state index contributed by atoms with van der Waals surface area (Å²) in [5.41, 5.74) is 5.44. The van der Waals surface area contributed by atoms with E-state index in [1.165, 1.54) is 11.0 Å². The average Bonchev–Trinajstić information content (AvgIpc) is 3.97. The summed E-state index contributed by atoms with van der Waals surface area (Å²) in [6, 6.07) is 13.4. The number of amides is 3. The minimum Gasteiger partial charge on any atom is -0.430 e. The first kappa shape index (κ1) is 36.6. The van der Waals surface area contributed by atoms with Crippen LogP contribution in [0.2, 0.25) is 0 Å². The van der Waals surface area contributed by atoms with E-state index in [2.05, 4.69) is 27.3 Å². The van der Waals surface area contributed by atoms with Crippen LogP contribution >= 0.6 is 0 Å². The Morgan fingerprint density at radius 1 is 0.943 bits per heavy atom. The zero-order valence-corrected chi connectivity index (χ0v) is 30.6. The SMILES string of the molecule is C=C[C@@H]1C[C@]1(NC(=O)[C@@H]1C[C@@H](ON=C2c3ccccc3-c3ccccc32)CN1C(=O)[C@@H](NOC(=O)OC1CCCC1)C(C)C)C(=O)NS(=O)(=O)C1CC1. The zero-order chi connectivity index (χ0) is 37.5. The van der Waals surface area contributed by atoms with Gasteiger partial charge in [-0.3, -0.25) is 19.1 Å². The zero-order valence-electron chi connectivity index (χ0n) is 29.8. The summed E-state index contributed by atoms with van der Waals surface area (Å²) >= 11 is 0. The highest BCUT2D eigenvalue weighted by atomic mass is 32.2. The van der Waals surface area contributed by atoms with E-state index in [1.807, 2.05) is 48.5 Å². The summed E-state index contributed by atoms with van der Waals surface area (Å²) in [5, 5.41) is 6.71. The highest BCUT2D eigenvalue weighted by molar-refractivity contribution is 7.91. The number of hydrogen-bond acceptors (Lipinski definition) is 11. The van der Waals surface area contributed by atoms with Crippen molar-refractivity contribution in [2.45, 2.75) is 100 Å². The summed E-state index contributed by atoms with van der Waals surface area (Å²) < 4.78 is 32.9. The van der Waals surface area contributed by atoms with E-state index in [-0.39, 0.29) is 25.5 Å². The molecule has 4 aliphatic carbocycles. The molecule has 2 aromatic carbocycles. The van der Waals surface area contributed by atoms with Crippen molar-refractivity contribution >= 4 is 39.6 Å². The van der Waals surface area contributed by atoms with Gasteiger partial charge in [0.25, 0.3) is 5.91 Å². The van der Waals surface area contributed by atoms with Crippen molar-refractivity contribution in [3.63, 3.8) is 0 Å². The van der Waals surface area contributed by atoms with Crippen molar-refractivity contribution in [3.8, 4) is 11.1 Å². The van der Waals surface area contributed by atoms with E-state index in [0.717, 1.165) is 47.9 Å². The maximum Gasteiger partial charge on any atom is 0.528 e. The lowest BCUT2D eigenvalue weighted by molar-refractivity contribution is -0.144. The van der Waals surface area contributed by atoms with E-state index in [1.54, 1.807) is 13.8 Å². The lowest BCUT2D eigenvalue weighted by Gasteiger charge is -2.30. The molecule has 0 aromatic heterocycles. The highest BCUT2D eigenvalue weighted by Gasteiger charge is 2.62. The Morgan fingerprint density at radius 2 is 1.57 bits per heavy atom. The molecule has 5 aliphatic rings. The lowest BCUT2D eigenvalue weighted by Crippen LogP contribution is -2.58. The molecular formula is C38H45N5O9S. The van der Waals surface area contributed by atoms with Gasteiger partial charge in [-0.1, -0.05) is 73.6 Å². The number of carbonyl (C=O) groups is 4. The third-order valence-electron chi connectivity index (χ3n) is 10.8. The van der Waals surface area contributed by atoms with Gasteiger partial charge in [-0.15, -0.1) is 12.1 Å². The molecule has 0 radical (unpaired) electrons. The molecule has 3 N–H and O–H groups in total. The van der Waals surface area contributed by atoms with Crippen LogP contribution in [0.15, 0.2) is 66.3 Å². The number of oxime groups is 1. The minimum absolute atomic E-state index is 0.0177. The molecular weight excluding hydrogens is 703 g/mol. The van der Waals surface area contributed by atoms with Gasteiger partial charge in [0.05, 0.1) is 11.8 Å². The fraction of sp³-hybridized carbons (Fsp3) is 0.500. The molecule has 7 rings (SSSR count). The van der Waals surface area contributed by atoms with Gasteiger partial charge in [0.2, 0.25) is 21.8 Å². The van der Waals surface area contributed by atoms with Crippen molar-refractivity contribution in [1.82, 2.24) is 20.4 Å². The van der Waals surface area contributed by atoms with E-state index < -0.39 is 74.7 Å². The first-order valence-corrected chi connectivity index (χ1v) is 19.8. The first-order chi connectivity index (χ1) is 25.4. The second-order valence-corrected chi connectivity index (χ2v) is 16.9. The number of likely N-dealkylation sites (tertiary alicyclic amines) is 1. The number of sulfonamides is 1. The fourth-order valence-electron chi connectivity index (χ4n) is 7.53. The Morgan fingerprint density at radius 3 is 2.13 bits per heavy atom. The number of fused-ring (bicyclic) bond motifs is 3. The molecule has 4 fully saturated rings. The summed E-state index contributed by atoms with van der Waals surface area (Å²) in [7, 11) is -3.89. The Bertz CT molecular complexity index is 1890. The Kier molecular flexibility index (Phi) is 10.1. The second kappa shape index (κ2) is 14.6. The van der Waals surface area contributed by atoms with Gasteiger partial charge in [-0.25, -0.2) is 13.2 Å². The number of nitrogens with one attached hydrogen (secondary N) is 3. The predicted molar refractivity (Wildman–Crippen MR) is 193 cm³/mol. The molecule has 282 valence electrons. The van der Waals surface area contributed by atoms with Crippen molar-refractivity contribution < 1.29 is 42.0 Å². The highest BCUT2D eigenvalue weighted by Crippen LogP contribution is 2.45. The van der Waals surface area contributed by atoms with Gasteiger partial charge < -0.3 is 24.6 Å². The Balaban J connectivity index is 1.12. The van der Waals surface area contributed by atoms with Gasteiger partial charge in [-0.2, -0.15) is 0 Å². The summed E-state index contributed by atoms with van der Waals surface area (Å²) in [4.78, 5) is 67.1. The van der Waals surface area contributed by atoms with Gasteiger partial charge in [0.1, 0.15) is 35.5 Å². The minimum atomic E-state index is -3.89. The van der Waals surface area contributed by atoms with Crippen LogP contribution in [0, 0.1) is 11.8 Å². The quantitative estimate of drug-likeness (QED) is 0.133. The molecule has 14 nitrogen and oxygen atoms in total. The van der Waals surface area contributed by atoms with Crippen LogP contribution in [0.4, 0.5) is 4.79 Å². The van der Waals surface area contributed by atoms with Crippen LogP contribution in [0.5, 0.6) is 0 Å². The molecule has 1 heterocycles. The van der Waals surface area contributed by atoms with Crippen molar-refractivity contribution in [3.05, 3.63) is 72.3 Å². The van der Waals surface area contributed by atoms with Gasteiger partial charge in [0, 0.05) is 23.5 Å². The monoisotopic (exact) mass is 747 g/mol. The number of carbonyl (C=O) groups excluding carboxylic acids is 4. The summed E-state index contributed by atoms with van der Waals surface area (Å²) in [6.45, 7) is 7.25. The lowest BCUT2D eigenvalue weighted by atomic mass is 10.0. The fourth-order valence-corrected chi connectivity index (χ4v) is 8.90. The van der Waals surface area contributed by atoms with Crippen LogP contribution in [0.3, 0.4) is 0 Å². The maximum absolute atomic E-state index is 14.3. The number of rotatable bonds is 13. The van der Waals surface area contributed by atoms with Crippen LogP contribution in [-0.2, 0) is 38.8 Å². The number of benzene rings is 2. The maximum atomic E-state index is 14.3. The van der Waals surface area contributed by atoms with Crippen molar-refractivity contribution in [2.24, 2.45) is 17.0 Å². The molecule has 3 saturated carbocycles. The molecule has 0 spiro atoms. The van der Waals surface area contributed by atoms with Crippen LogP contribution < -0.4 is 15.5 Å². The topological polar surface area (TPSA) is 182 Å². The standard InChI is InChI=1S/C38H45N5O9S/c1-4-23-20-38(23,36(46)42-53(48,49)26-17-18-26)39-34(44)31-19-25(51-41-33-29-15-9-7-13-27(29)28-14-8-10-16-30(28)33)21-43(31)35(45)32(22(2)3)40-52-37(47)50-24-11-5-6-12-24/h4,7-10,13-16,22-26,31-32,40H,1,5-6,11-12,17-21H2,2-3H3,(H,39,44)(H,42,46)/t23-,25-,31+,32+,38-/m1/s1. The molecule has 1 aliphatic heterocycles. The van der Waals surface area contributed by atoms with Gasteiger partial charge >= 0.3 is 6.16 Å². The summed E-state index contributed by atoms with van der Waals surface area (Å²) in [6.07, 6.45) is 4.06. The summed E-state index contributed by atoms with van der Waals surface area (Å²) in [5.74, 6) is -2.96. The van der Waals surface area contributed by atoms with E-state index in [4.69, 9.17) is 14.4 Å². The number of ether oxygens (including phenoxy) is 1. The second-order valence-electron chi connectivity index (χ2n) is 14.9. The van der Waals surface area contributed by atoms with Gasteiger partial charge in [0.15, 0.2) is 0 Å². The third-order valence-corrected chi connectivity index (χ3v) is 12.6. The van der Waals surface area contributed by atoms with Crippen molar-refractivity contribution in [1.29, 1.82) is 0 Å². The first-order valence-electron chi connectivity index (χ1n) is 18.3. The molecule has 0 unspecified atom stereocenters. The van der Waals surface area contributed by atoms with E-state index in [9.17, 15) is 27.6 Å². The smallest absolute Gasteiger partial charge is 0.430 e. The molecule has 1 saturated heterocycles. The van der Waals surface area contributed by atoms with Gasteiger partial charge in [-0.05, 0) is 62.0 Å². The molecule has 2 aromatic rings. The third kappa shape index (κ3) is 7.41. The number of hydrogen-bond donors (Lipinski definition) is 3. The van der Waals surface area contributed by atoms with E-state index >= 15 is 0 Å². The van der Waals surface area contributed by atoms with Crippen molar-refractivity contribution in [2.75, 3.05) is 6.54 Å².